The number of rotatable bonds is 13. The average Bonchev–Trinajstić information content (AvgIpc) is 3.65. The Morgan fingerprint density at radius 1 is 0.594 bits per heavy atom. The van der Waals surface area contributed by atoms with Gasteiger partial charge in [-0.15, -0.1) is 0 Å². The maximum Gasteiger partial charge on any atom is 0.203 e. The molecule has 170 valence electrons. The Balaban J connectivity index is 1.32. The van der Waals surface area contributed by atoms with Crippen LogP contribution in [0.4, 0.5) is 0 Å². The third-order valence-electron chi connectivity index (χ3n) is 5.52. The molecule has 0 aromatic heterocycles. The van der Waals surface area contributed by atoms with Crippen LogP contribution in [0, 0.1) is 0 Å². The Labute approximate surface area is 186 Å². The van der Waals surface area contributed by atoms with Crippen molar-refractivity contribution in [3.05, 3.63) is 36.4 Å². The van der Waals surface area contributed by atoms with Crippen LogP contribution >= 0.6 is 0 Å². The summed E-state index contributed by atoms with van der Waals surface area (Å²) >= 11 is 0. The van der Waals surface area contributed by atoms with E-state index in [0.717, 1.165) is 23.5 Å². The van der Waals surface area contributed by atoms with Gasteiger partial charge in [-0.05, 0) is 23.8 Å². The molecular weight excluding hydrogens is 416 g/mol. The van der Waals surface area contributed by atoms with Crippen molar-refractivity contribution in [3.63, 3.8) is 0 Å². The lowest BCUT2D eigenvalue weighted by atomic mass is 10.0. The topological polar surface area (TPSA) is 87.0 Å². The smallest absolute Gasteiger partial charge is 0.203 e. The van der Waals surface area contributed by atoms with Gasteiger partial charge >= 0.3 is 0 Å². The van der Waals surface area contributed by atoms with Crippen LogP contribution in [-0.4, -0.2) is 77.3 Å². The van der Waals surface area contributed by atoms with E-state index in [4.69, 9.17) is 37.9 Å². The van der Waals surface area contributed by atoms with Gasteiger partial charge in [0.25, 0.3) is 0 Å². The number of ether oxygens (including phenoxy) is 8. The molecule has 0 spiro atoms. The fourth-order valence-electron chi connectivity index (χ4n) is 3.30. The lowest BCUT2D eigenvalue weighted by molar-refractivity contribution is 0.208. The van der Waals surface area contributed by atoms with Crippen LogP contribution in [0.15, 0.2) is 36.4 Å². The minimum atomic E-state index is 0.118. The fraction of sp³-hybridized carbons (Fsp3) is 0.500. The van der Waals surface area contributed by atoms with Gasteiger partial charge < -0.3 is 37.9 Å². The highest BCUT2D eigenvalue weighted by Crippen LogP contribution is 2.44. The fourth-order valence-corrected chi connectivity index (χ4v) is 3.30. The predicted octanol–water partition coefficient (Wildman–Crippen LogP) is 2.46. The van der Waals surface area contributed by atoms with Gasteiger partial charge in [-0.25, -0.2) is 0 Å². The highest BCUT2D eigenvalue weighted by atomic mass is 16.6. The Kier molecular flexibility index (Phi) is 5.52. The zero-order valence-electron chi connectivity index (χ0n) is 17.7. The highest BCUT2D eigenvalue weighted by Gasteiger charge is 2.29. The lowest BCUT2D eigenvalue weighted by Crippen LogP contribution is -2.12. The summed E-state index contributed by atoms with van der Waals surface area (Å²) in [6.07, 6.45) is 0.541. The number of hydrogen-bond acceptors (Lipinski definition) is 8. The zero-order valence-corrected chi connectivity index (χ0v) is 17.7. The molecule has 2 aromatic rings. The maximum absolute atomic E-state index is 6.12. The van der Waals surface area contributed by atoms with E-state index in [1.165, 1.54) is 0 Å². The summed E-state index contributed by atoms with van der Waals surface area (Å²) in [7, 11) is 0. The number of benzene rings is 2. The van der Waals surface area contributed by atoms with E-state index in [2.05, 4.69) is 0 Å². The van der Waals surface area contributed by atoms with Crippen molar-refractivity contribution in [3.8, 4) is 34.1 Å². The van der Waals surface area contributed by atoms with Crippen molar-refractivity contribution in [1.29, 1.82) is 0 Å². The Morgan fingerprint density at radius 2 is 1.03 bits per heavy atom. The molecule has 0 amide bonds. The monoisotopic (exact) mass is 442 g/mol. The normalized spacial score (nSPS) is 26.9. The van der Waals surface area contributed by atoms with E-state index in [0.29, 0.717) is 63.5 Å². The molecule has 2 aromatic carbocycles. The van der Waals surface area contributed by atoms with Crippen LogP contribution in [0.5, 0.6) is 23.0 Å². The summed E-state index contributed by atoms with van der Waals surface area (Å²) in [5, 5.41) is 0. The summed E-state index contributed by atoms with van der Waals surface area (Å²) in [4.78, 5) is 0. The second-order valence-corrected chi connectivity index (χ2v) is 8.36. The predicted molar refractivity (Wildman–Crippen MR) is 113 cm³/mol. The molecule has 0 bridgehead atoms. The first-order valence-electron chi connectivity index (χ1n) is 11.1. The van der Waals surface area contributed by atoms with E-state index in [1.54, 1.807) is 0 Å². The van der Waals surface area contributed by atoms with Crippen LogP contribution < -0.4 is 18.9 Å². The van der Waals surface area contributed by atoms with Crippen LogP contribution in [-0.2, 0) is 18.9 Å². The van der Waals surface area contributed by atoms with Gasteiger partial charge in [0.1, 0.15) is 56.6 Å². The van der Waals surface area contributed by atoms with Gasteiger partial charge in [0.2, 0.25) is 5.75 Å². The van der Waals surface area contributed by atoms with Gasteiger partial charge in [0, 0.05) is 5.56 Å². The van der Waals surface area contributed by atoms with Crippen molar-refractivity contribution < 1.29 is 37.9 Å². The summed E-state index contributed by atoms with van der Waals surface area (Å²) in [5.74, 6) is 2.60. The Morgan fingerprint density at radius 3 is 1.53 bits per heavy atom. The first kappa shape index (κ1) is 20.1. The molecule has 4 aliphatic heterocycles. The Hall–Kier alpha value is -2.52. The van der Waals surface area contributed by atoms with E-state index in [1.807, 2.05) is 36.4 Å². The minimum Gasteiger partial charge on any atom is -0.490 e. The van der Waals surface area contributed by atoms with E-state index < -0.39 is 0 Å². The van der Waals surface area contributed by atoms with Gasteiger partial charge in [-0.1, -0.05) is 18.2 Å². The molecule has 6 rings (SSSR count). The van der Waals surface area contributed by atoms with E-state index in [9.17, 15) is 0 Å². The highest BCUT2D eigenvalue weighted by molar-refractivity contribution is 5.75. The molecule has 0 N–H and O–H groups in total. The molecule has 4 aliphatic rings. The molecule has 4 unspecified atom stereocenters. The molecule has 0 aliphatic carbocycles. The van der Waals surface area contributed by atoms with E-state index in [-0.39, 0.29) is 24.4 Å². The standard InChI is InChI=1S/C24H26O8/c1-2-4-21(29-11-16-7-25-16)20(3-1)15-5-22(30-12-17-8-26-17)24(32-14-19-10-28-19)23(6-15)31-13-18-9-27-18/h1-6,16-19H,7-14H2. The van der Waals surface area contributed by atoms with Crippen LogP contribution in [0.1, 0.15) is 0 Å². The third kappa shape index (κ3) is 5.27. The summed E-state index contributed by atoms with van der Waals surface area (Å²) in [6.45, 7) is 4.80. The maximum atomic E-state index is 6.12. The zero-order chi connectivity index (χ0) is 21.3. The van der Waals surface area contributed by atoms with Gasteiger partial charge in [-0.3, -0.25) is 0 Å². The summed E-state index contributed by atoms with van der Waals surface area (Å²) in [5.41, 5.74) is 1.87. The number of para-hydroxylation sites is 1. The molecule has 8 heteroatoms. The quantitative estimate of drug-likeness (QED) is 0.437. The molecular formula is C24H26O8. The molecule has 4 fully saturated rings. The van der Waals surface area contributed by atoms with Crippen LogP contribution in [0.2, 0.25) is 0 Å². The molecule has 32 heavy (non-hydrogen) atoms. The largest absolute Gasteiger partial charge is 0.490 e. The van der Waals surface area contributed by atoms with Crippen molar-refractivity contribution >= 4 is 0 Å². The molecule has 8 nitrogen and oxygen atoms in total. The van der Waals surface area contributed by atoms with Crippen molar-refractivity contribution in [1.82, 2.24) is 0 Å². The Bertz CT molecular complexity index is 910. The SMILES string of the molecule is c1ccc(-c2cc(OCC3CO3)c(OCC3CO3)c(OCC3CO3)c2)c(OCC2CO2)c1. The van der Waals surface area contributed by atoms with E-state index >= 15 is 0 Å². The van der Waals surface area contributed by atoms with Gasteiger partial charge in [0.05, 0.1) is 26.4 Å². The lowest BCUT2D eigenvalue weighted by Gasteiger charge is -2.19. The first-order valence-corrected chi connectivity index (χ1v) is 11.1. The second-order valence-electron chi connectivity index (χ2n) is 8.36. The summed E-state index contributed by atoms with van der Waals surface area (Å²) < 4.78 is 45.6. The van der Waals surface area contributed by atoms with Crippen LogP contribution in [0.25, 0.3) is 11.1 Å². The molecule has 4 heterocycles. The molecule has 4 atom stereocenters. The summed E-state index contributed by atoms with van der Waals surface area (Å²) in [6, 6.07) is 11.9. The number of hydrogen-bond donors (Lipinski definition) is 0. The van der Waals surface area contributed by atoms with Crippen LogP contribution in [0.3, 0.4) is 0 Å². The third-order valence-corrected chi connectivity index (χ3v) is 5.52. The second kappa shape index (κ2) is 8.78. The van der Waals surface area contributed by atoms with Crippen molar-refractivity contribution in [2.24, 2.45) is 0 Å². The molecule has 0 radical (unpaired) electrons. The minimum absolute atomic E-state index is 0.118. The van der Waals surface area contributed by atoms with Crippen molar-refractivity contribution in [2.45, 2.75) is 24.4 Å². The first-order chi connectivity index (χ1) is 15.8. The average molecular weight is 442 g/mol. The number of epoxide rings is 4. The van der Waals surface area contributed by atoms with Gasteiger partial charge in [-0.2, -0.15) is 0 Å². The van der Waals surface area contributed by atoms with Gasteiger partial charge in [0.15, 0.2) is 11.5 Å². The molecule has 0 saturated carbocycles. The van der Waals surface area contributed by atoms with Crippen molar-refractivity contribution in [2.75, 3.05) is 52.9 Å². The molecule has 4 saturated heterocycles.